The molecule has 0 unspecified atom stereocenters. The maximum absolute atomic E-state index is 12.0. The first kappa shape index (κ1) is 18.3. The average molecular weight is 342 g/mol. The zero-order valence-electron chi connectivity index (χ0n) is 14.4. The zero-order chi connectivity index (χ0) is 18.1. The third-order valence-corrected chi connectivity index (χ3v) is 3.55. The first-order valence-electron chi connectivity index (χ1n) is 8.04. The van der Waals surface area contributed by atoms with Gasteiger partial charge < -0.3 is 20.1 Å². The Hall–Kier alpha value is -3.02. The number of amides is 2. The number of carbonyl (C=O) groups is 2. The van der Waals surface area contributed by atoms with Gasteiger partial charge >= 0.3 is 0 Å². The summed E-state index contributed by atoms with van der Waals surface area (Å²) >= 11 is 0. The van der Waals surface area contributed by atoms with Crippen molar-refractivity contribution < 1.29 is 19.1 Å². The van der Waals surface area contributed by atoms with Crippen LogP contribution in [0.2, 0.25) is 0 Å². The number of carbonyl (C=O) groups excluding carboxylic acids is 2. The molecule has 2 rings (SSSR count). The van der Waals surface area contributed by atoms with Gasteiger partial charge in [-0.05, 0) is 30.2 Å². The van der Waals surface area contributed by atoms with Gasteiger partial charge in [0.05, 0.1) is 13.7 Å². The van der Waals surface area contributed by atoms with Gasteiger partial charge in [-0.3, -0.25) is 9.59 Å². The molecular weight excluding hydrogens is 320 g/mol. The van der Waals surface area contributed by atoms with E-state index < -0.39 is 0 Å². The number of anilines is 1. The second-order valence-electron chi connectivity index (χ2n) is 5.28. The number of methoxy groups -OCH3 is 1. The predicted molar refractivity (Wildman–Crippen MR) is 95.9 cm³/mol. The van der Waals surface area contributed by atoms with Gasteiger partial charge in [-0.25, -0.2) is 0 Å². The van der Waals surface area contributed by atoms with Gasteiger partial charge in [0.25, 0.3) is 5.91 Å². The fourth-order valence-corrected chi connectivity index (χ4v) is 2.26. The Bertz CT molecular complexity index is 731. The monoisotopic (exact) mass is 342 g/mol. The van der Waals surface area contributed by atoms with Crippen molar-refractivity contribution in [3.63, 3.8) is 0 Å². The topological polar surface area (TPSA) is 76.7 Å². The lowest BCUT2D eigenvalue weighted by Gasteiger charge is -2.11. The third-order valence-electron chi connectivity index (χ3n) is 3.55. The van der Waals surface area contributed by atoms with E-state index in [0.29, 0.717) is 11.5 Å². The second-order valence-corrected chi connectivity index (χ2v) is 5.28. The fourth-order valence-electron chi connectivity index (χ4n) is 2.26. The van der Waals surface area contributed by atoms with Gasteiger partial charge in [0, 0.05) is 5.69 Å². The van der Waals surface area contributed by atoms with Crippen LogP contribution in [0.5, 0.6) is 11.5 Å². The highest BCUT2D eigenvalue weighted by Crippen LogP contribution is 2.25. The van der Waals surface area contributed by atoms with Crippen LogP contribution < -0.4 is 20.1 Å². The van der Waals surface area contributed by atoms with Crippen LogP contribution in [-0.4, -0.2) is 32.1 Å². The molecule has 6 nitrogen and oxygen atoms in total. The summed E-state index contributed by atoms with van der Waals surface area (Å²) in [5.74, 6) is 0.349. The molecule has 0 bridgehead atoms. The standard InChI is InChI=1S/C19H22N2O4/c1-3-14-8-4-5-9-15(14)21-18(22)12-20-19(23)13-25-17-11-7-6-10-16(17)24-2/h4-11H,3,12-13H2,1-2H3,(H,20,23)(H,21,22). The maximum atomic E-state index is 12.0. The van der Waals surface area contributed by atoms with E-state index in [4.69, 9.17) is 9.47 Å². The first-order valence-corrected chi connectivity index (χ1v) is 8.04. The van der Waals surface area contributed by atoms with Gasteiger partial charge in [0.1, 0.15) is 0 Å². The van der Waals surface area contributed by atoms with Crippen molar-refractivity contribution in [1.29, 1.82) is 0 Å². The van der Waals surface area contributed by atoms with Gasteiger partial charge in [-0.15, -0.1) is 0 Å². The molecule has 0 aliphatic heterocycles. The molecule has 2 aromatic rings. The summed E-state index contributed by atoms with van der Waals surface area (Å²) in [6.45, 7) is 1.70. The summed E-state index contributed by atoms with van der Waals surface area (Å²) in [6, 6.07) is 14.6. The molecule has 0 spiro atoms. The second kappa shape index (κ2) is 9.32. The van der Waals surface area contributed by atoms with E-state index in [1.165, 1.54) is 7.11 Å². The molecular formula is C19H22N2O4. The highest BCUT2D eigenvalue weighted by molar-refractivity contribution is 5.95. The quantitative estimate of drug-likeness (QED) is 0.772. The third kappa shape index (κ3) is 5.53. The molecule has 2 N–H and O–H groups in total. The zero-order valence-corrected chi connectivity index (χ0v) is 14.4. The summed E-state index contributed by atoms with van der Waals surface area (Å²) in [5, 5.41) is 5.33. The maximum Gasteiger partial charge on any atom is 0.258 e. The molecule has 0 atom stereocenters. The lowest BCUT2D eigenvalue weighted by atomic mass is 10.1. The SMILES string of the molecule is CCc1ccccc1NC(=O)CNC(=O)COc1ccccc1OC. The molecule has 0 radical (unpaired) electrons. The molecule has 0 aliphatic carbocycles. The van der Waals surface area contributed by atoms with E-state index in [2.05, 4.69) is 10.6 Å². The smallest absolute Gasteiger partial charge is 0.258 e. The minimum absolute atomic E-state index is 0.119. The van der Waals surface area contributed by atoms with Crippen LogP contribution in [0.4, 0.5) is 5.69 Å². The number of aryl methyl sites for hydroxylation is 1. The lowest BCUT2D eigenvalue weighted by molar-refractivity contribution is -0.125. The summed E-state index contributed by atoms with van der Waals surface area (Å²) < 4.78 is 10.6. The van der Waals surface area contributed by atoms with E-state index in [1.807, 2.05) is 37.3 Å². The van der Waals surface area contributed by atoms with E-state index in [-0.39, 0.29) is 25.0 Å². The number of para-hydroxylation sites is 3. The highest BCUT2D eigenvalue weighted by Gasteiger charge is 2.10. The molecule has 2 aromatic carbocycles. The summed E-state index contributed by atoms with van der Waals surface area (Å²) in [6.07, 6.45) is 0.815. The van der Waals surface area contributed by atoms with Crippen LogP contribution in [0, 0.1) is 0 Å². The number of hydrogen-bond donors (Lipinski definition) is 2. The normalized spacial score (nSPS) is 10.0. The highest BCUT2D eigenvalue weighted by atomic mass is 16.5. The van der Waals surface area contributed by atoms with E-state index >= 15 is 0 Å². The molecule has 2 amide bonds. The first-order chi connectivity index (χ1) is 12.1. The van der Waals surface area contributed by atoms with Crippen LogP contribution in [-0.2, 0) is 16.0 Å². The largest absolute Gasteiger partial charge is 0.493 e. The van der Waals surface area contributed by atoms with Crippen molar-refractivity contribution in [2.75, 3.05) is 25.6 Å². The van der Waals surface area contributed by atoms with Crippen LogP contribution in [0.25, 0.3) is 0 Å². The van der Waals surface area contributed by atoms with E-state index in [9.17, 15) is 9.59 Å². The minimum atomic E-state index is -0.384. The van der Waals surface area contributed by atoms with Gasteiger partial charge in [-0.1, -0.05) is 37.3 Å². The van der Waals surface area contributed by atoms with Crippen molar-refractivity contribution in [1.82, 2.24) is 5.32 Å². The molecule has 0 aromatic heterocycles. The minimum Gasteiger partial charge on any atom is -0.493 e. The Morgan fingerprint density at radius 2 is 1.64 bits per heavy atom. The summed E-state index contributed by atoms with van der Waals surface area (Å²) in [7, 11) is 1.53. The van der Waals surface area contributed by atoms with Crippen molar-refractivity contribution in [3.8, 4) is 11.5 Å². The Labute approximate surface area is 147 Å². The molecule has 0 saturated carbocycles. The molecule has 0 fully saturated rings. The molecule has 132 valence electrons. The predicted octanol–water partition coefficient (Wildman–Crippen LogP) is 2.39. The Morgan fingerprint density at radius 3 is 2.36 bits per heavy atom. The molecule has 0 saturated heterocycles. The van der Waals surface area contributed by atoms with Crippen molar-refractivity contribution in [3.05, 3.63) is 54.1 Å². The summed E-state index contributed by atoms with van der Waals surface area (Å²) in [5.41, 5.74) is 1.80. The molecule has 0 heterocycles. The summed E-state index contributed by atoms with van der Waals surface area (Å²) in [4.78, 5) is 23.8. The van der Waals surface area contributed by atoms with Crippen LogP contribution in [0.3, 0.4) is 0 Å². The molecule has 0 aliphatic rings. The number of rotatable bonds is 8. The Morgan fingerprint density at radius 1 is 0.960 bits per heavy atom. The van der Waals surface area contributed by atoms with Crippen molar-refractivity contribution in [2.45, 2.75) is 13.3 Å². The number of ether oxygens (including phenoxy) is 2. The van der Waals surface area contributed by atoms with Crippen LogP contribution in [0.15, 0.2) is 48.5 Å². The van der Waals surface area contributed by atoms with E-state index in [0.717, 1.165) is 17.7 Å². The van der Waals surface area contributed by atoms with Crippen molar-refractivity contribution >= 4 is 17.5 Å². The lowest BCUT2D eigenvalue weighted by Crippen LogP contribution is -2.35. The number of hydrogen-bond acceptors (Lipinski definition) is 4. The Kier molecular flexibility index (Phi) is 6.83. The number of nitrogens with one attached hydrogen (secondary N) is 2. The average Bonchev–Trinajstić information content (AvgIpc) is 2.65. The van der Waals surface area contributed by atoms with Crippen LogP contribution in [0.1, 0.15) is 12.5 Å². The van der Waals surface area contributed by atoms with E-state index in [1.54, 1.807) is 18.2 Å². The van der Waals surface area contributed by atoms with Gasteiger partial charge in [0.15, 0.2) is 18.1 Å². The van der Waals surface area contributed by atoms with Gasteiger partial charge in [-0.2, -0.15) is 0 Å². The van der Waals surface area contributed by atoms with Gasteiger partial charge in [0.2, 0.25) is 5.91 Å². The number of benzene rings is 2. The van der Waals surface area contributed by atoms with Crippen LogP contribution >= 0.6 is 0 Å². The van der Waals surface area contributed by atoms with Crippen molar-refractivity contribution in [2.24, 2.45) is 0 Å². The molecule has 25 heavy (non-hydrogen) atoms. The molecule has 6 heteroatoms. The Balaban J connectivity index is 1.78. The fraction of sp³-hybridized carbons (Fsp3) is 0.263.